The van der Waals surface area contributed by atoms with Crippen molar-refractivity contribution in [2.24, 2.45) is 5.92 Å². The molecular weight excluding hydrogens is 190 g/mol. The minimum absolute atomic E-state index is 0.406. The van der Waals surface area contributed by atoms with E-state index >= 15 is 0 Å². The van der Waals surface area contributed by atoms with E-state index in [2.05, 4.69) is 25.7 Å². The van der Waals surface area contributed by atoms with Gasteiger partial charge in [0, 0.05) is 19.7 Å². The van der Waals surface area contributed by atoms with Gasteiger partial charge in [0.25, 0.3) is 0 Å². The third-order valence-corrected chi connectivity index (χ3v) is 2.15. The van der Waals surface area contributed by atoms with Crippen LogP contribution in [-0.4, -0.2) is 39.5 Å². The highest BCUT2D eigenvalue weighted by molar-refractivity contribution is 4.87. The summed E-state index contributed by atoms with van der Waals surface area (Å²) in [5, 5.41) is 3.41. The number of nitrogens with one attached hydrogen (secondary N) is 1. The standard InChI is InChI=1S/C12H25NO2/c1-10(2)8-15-7-6-13-12(9-14-5)11(3)4/h11-13H,1,6-9H2,2-5H3. The first kappa shape index (κ1) is 14.6. The van der Waals surface area contributed by atoms with Gasteiger partial charge in [-0.2, -0.15) is 0 Å². The Labute approximate surface area is 93.8 Å². The van der Waals surface area contributed by atoms with Gasteiger partial charge in [-0.1, -0.05) is 26.0 Å². The van der Waals surface area contributed by atoms with Crippen LogP contribution in [-0.2, 0) is 9.47 Å². The lowest BCUT2D eigenvalue weighted by atomic mass is 10.1. The lowest BCUT2D eigenvalue weighted by Crippen LogP contribution is -2.39. The van der Waals surface area contributed by atoms with Crippen molar-refractivity contribution < 1.29 is 9.47 Å². The summed E-state index contributed by atoms with van der Waals surface area (Å²) in [4.78, 5) is 0. The van der Waals surface area contributed by atoms with Crippen molar-refractivity contribution in [3.05, 3.63) is 12.2 Å². The van der Waals surface area contributed by atoms with Gasteiger partial charge < -0.3 is 14.8 Å². The summed E-state index contributed by atoms with van der Waals surface area (Å²) in [6, 6.07) is 0.406. The van der Waals surface area contributed by atoms with E-state index in [1.54, 1.807) is 7.11 Å². The lowest BCUT2D eigenvalue weighted by Gasteiger charge is -2.21. The Balaban J connectivity index is 3.49. The average molecular weight is 215 g/mol. The van der Waals surface area contributed by atoms with E-state index in [0.717, 1.165) is 25.3 Å². The fraction of sp³-hybridized carbons (Fsp3) is 0.833. The van der Waals surface area contributed by atoms with Crippen LogP contribution >= 0.6 is 0 Å². The van der Waals surface area contributed by atoms with Gasteiger partial charge in [-0.05, 0) is 12.8 Å². The van der Waals surface area contributed by atoms with E-state index in [1.165, 1.54) is 0 Å². The molecule has 0 fully saturated rings. The van der Waals surface area contributed by atoms with E-state index in [0.29, 0.717) is 18.6 Å². The molecule has 0 aromatic carbocycles. The summed E-state index contributed by atoms with van der Waals surface area (Å²) < 4.78 is 10.5. The molecule has 1 N–H and O–H groups in total. The normalized spacial score (nSPS) is 13.1. The number of hydrogen-bond acceptors (Lipinski definition) is 3. The first-order valence-electron chi connectivity index (χ1n) is 5.52. The molecule has 0 saturated heterocycles. The minimum atomic E-state index is 0.406. The smallest absolute Gasteiger partial charge is 0.0672 e. The number of ether oxygens (including phenoxy) is 2. The molecule has 3 heteroatoms. The van der Waals surface area contributed by atoms with Crippen LogP contribution in [0.1, 0.15) is 20.8 Å². The van der Waals surface area contributed by atoms with Crippen LogP contribution in [0.2, 0.25) is 0 Å². The summed E-state index contributed by atoms with van der Waals surface area (Å²) in [5.41, 5.74) is 1.06. The zero-order chi connectivity index (χ0) is 11.7. The lowest BCUT2D eigenvalue weighted by molar-refractivity contribution is 0.126. The maximum atomic E-state index is 5.40. The molecule has 90 valence electrons. The van der Waals surface area contributed by atoms with E-state index in [-0.39, 0.29) is 0 Å². The van der Waals surface area contributed by atoms with Crippen LogP contribution in [0.3, 0.4) is 0 Å². The van der Waals surface area contributed by atoms with E-state index < -0.39 is 0 Å². The summed E-state index contributed by atoms with van der Waals surface area (Å²) in [6.07, 6.45) is 0. The second kappa shape index (κ2) is 8.89. The highest BCUT2D eigenvalue weighted by Gasteiger charge is 2.11. The minimum Gasteiger partial charge on any atom is -0.383 e. The molecule has 0 aliphatic heterocycles. The zero-order valence-electron chi connectivity index (χ0n) is 10.5. The van der Waals surface area contributed by atoms with Gasteiger partial charge in [-0.15, -0.1) is 0 Å². The Morgan fingerprint density at radius 2 is 2.07 bits per heavy atom. The molecule has 3 nitrogen and oxygen atoms in total. The molecule has 0 aliphatic rings. The molecule has 0 spiro atoms. The van der Waals surface area contributed by atoms with Crippen molar-refractivity contribution in [3.63, 3.8) is 0 Å². The Bertz CT molecular complexity index is 169. The second-order valence-electron chi connectivity index (χ2n) is 4.27. The highest BCUT2D eigenvalue weighted by atomic mass is 16.5. The summed E-state index contributed by atoms with van der Waals surface area (Å²) in [5.74, 6) is 0.575. The monoisotopic (exact) mass is 215 g/mol. The van der Waals surface area contributed by atoms with Crippen LogP contribution in [0.15, 0.2) is 12.2 Å². The van der Waals surface area contributed by atoms with E-state index in [1.807, 2.05) is 6.92 Å². The maximum absolute atomic E-state index is 5.40. The Hall–Kier alpha value is -0.380. The maximum Gasteiger partial charge on any atom is 0.0672 e. The fourth-order valence-electron chi connectivity index (χ4n) is 1.23. The van der Waals surface area contributed by atoms with Crippen molar-refractivity contribution >= 4 is 0 Å². The number of methoxy groups -OCH3 is 1. The summed E-state index contributed by atoms with van der Waals surface area (Å²) in [7, 11) is 1.73. The second-order valence-corrected chi connectivity index (χ2v) is 4.27. The molecule has 0 radical (unpaired) electrons. The highest BCUT2D eigenvalue weighted by Crippen LogP contribution is 2.01. The van der Waals surface area contributed by atoms with E-state index in [4.69, 9.17) is 9.47 Å². The first-order valence-corrected chi connectivity index (χ1v) is 5.52. The van der Waals surface area contributed by atoms with Crippen LogP contribution in [0.5, 0.6) is 0 Å². The largest absolute Gasteiger partial charge is 0.383 e. The molecule has 0 aliphatic carbocycles. The van der Waals surface area contributed by atoms with Gasteiger partial charge in [0.15, 0.2) is 0 Å². The van der Waals surface area contributed by atoms with Gasteiger partial charge in [0.2, 0.25) is 0 Å². The quantitative estimate of drug-likeness (QED) is 0.470. The predicted molar refractivity (Wildman–Crippen MR) is 64.1 cm³/mol. The number of rotatable bonds is 9. The Morgan fingerprint density at radius 1 is 1.40 bits per heavy atom. The van der Waals surface area contributed by atoms with Crippen molar-refractivity contribution in [2.45, 2.75) is 26.8 Å². The van der Waals surface area contributed by atoms with Crippen molar-refractivity contribution in [1.82, 2.24) is 5.32 Å². The van der Waals surface area contributed by atoms with Crippen molar-refractivity contribution in [2.75, 3.05) is 33.5 Å². The fourth-order valence-corrected chi connectivity index (χ4v) is 1.23. The van der Waals surface area contributed by atoms with Crippen molar-refractivity contribution in [1.29, 1.82) is 0 Å². The Morgan fingerprint density at radius 3 is 2.53 bits per heavy atom. The number of hydrogen-bond donors (Lipinski definition) is 1. The van der Waals surface area contributed by atoms with Gasteiger partial charge in [-0.3, -0.25) is 0 Å². The topological polar surface area (TPSA) is 30.5 Å². The van der Waals surface area contributed by atoms with Gasteiger partial charge in [-0.25, -0.2) is 0 Å². The molecule has 0 aromatic rings. The molecule has 0 saturated carbocycles. The third kappa shape index (κ3) is 8.60. The molecule has 0 aromatic heterocycles. The molecule has 0 heterocycles. The molecule has 1 atom stereocenters. The molecule has 0 rings (SSSR count). The Kier molecular flexibility index (Phi) is 8.67. The predicted octanol–water partition coefficient (Wildman–Crippen LogP) is 1.84. The molecule has 0 bridgehead atoms. The summed E-state index contributed by atoms with van der Waals surface area (Å²) in [6.45, 7) is 13.1. The van der Waals surface area contributed by atoms with Crippen LogP contribution in [0, 0.1) is 5.92 Å². The van der Waals surface area contributed by atoms with E-state index in [9.17, 15) is 0 Å². The zero-order valence-corrected chi connectivity index (χ0v) is 10.5. The van der Waals surface area contributed by atoms with Gasteiger partial charge in [0.1, 0.15) is 0 Å². The SMILES string of the molecule is C=C(C)COCCNC(COC)C(C)C. The van der Waals surface area contributed by atoms with Gasteiger partial charge in [0.05, 0.1) is 19.8 Å². The van der Waals surface area contributed by atoms with Crippen LogP contribution in [0.4, 0.5) is 0 Å². The molecule has 0 amide bonds. The first-order chi connectivity index (χ1) is 7.07. The average Bonchev–Trinajstić information content (AvgIpc) is 2.15. The third-order valence-electron chi connectivity index (χ3n) is 2.15. The molecule has 1 unspecified atom stereocenters. The summed E-state index contributed by atoms with van der Waals surface area (Å²) >= 11 is 0. The van der Waals surface area contributed by atoms with Gasteiger partial charge >= 0.3 is 0 Å². The molecule has 15 heavy (non-hydrogen) atoms. The molecular formula is C12H25NO2. The van der Waals surface area contributed by atoms with Crippen LogP contribution < -0.4 is 5.32 Å². The van der Waals surface area contributed by atoms with Crippen LogP contribution in [0.25, 0.3) is 0 Å². The van der Waals surface area contributed by atoms with Crippen molar-refractivity contribution in [3.8, 4) is 0 Å².